The second-order valence-electron chi connectivity index (χ2n) is 11.9. The van der Waals surface area contributed by atoms with Crippen LogP contribution < -0.4 is 0 Å². The Morgan fingerprint density at radius 3 is 1.55 bits per heavy atom. The van der Waals surface area contributed by atoms with Crippen molar-refractivity contribution >= 4 is 42.1 Å². The standard InChI is InChI=1S/C40H42OSi/c1-2-3-4-5-6-7-27-39(36-26-14-20-30-17-8-11-23-33(30)36)40(42-41,37-28-15-21-31-18-9-12-24-34(31)37)38-29-16-22-32-19-10-13-25-35(32)38/h8-26,28-29,39,41H,2-7,27,42H2,1H3. The number of hydrogen-bond donors (Lipinski definition) is 1. The van der Waals surface area contributed by atoms with Crippen LogP contribution in [0.3, 0.4) is 0 Å². The van der Waals surface area contributed by atoms with Crippen LogP contribution in [0.5, 0.6) is 0 Å². The largest absolute Gasteiger partial charge is 0.437 e. The van der Waals surface area contributed by atoms with Crippen molar-refractivity contribution in [3.63, 3.8) is 0 Å². The summed E-state index contributed by atoms with van der Waals surface area (Å²) in [6, 6.07) is 46.6. The van der Waals surface area contributed by atoms with E-state index in [9.17, 15) is 4.80 Å². The molecule has 0 bridgehead atoms. The smallest absolute Gasteiger partial charge is 0.172 e. The summed E-state index contributed by atoms with van der Waals surface area (Å²) in [6.07, 6.45) is 8.59. The Labute approximate surface area is 253 Å². The van der Waals surface area contributed by atoms with Crippen LogP contribution in [0.15, 0.2) is 127 Å². The van der Waals surface area contributed by atoms with Crippen molar-refractivity contribution in [2.24, 2.45) is 0 Å². The van der Waals surface area contributed by atoms with Crippen molar-refractivity contribution in [3.05, 3.63) is 144 Å². The van der Waals surface area contributed by atoms with E-state index in [-0.39, 0.29) is 5.92 Å². The van der Waals surface area contributed by atoms with Crippen molar-refractivity contribution in [1.29, 1.82) is 0 Å². The van der Waals surface area contributed by atoms with E-state index in [0.29, 0.717) is 0 Å². The first kappa shape index (κ1) is 28.4. The van der Waals surface area contributed by atoms with Crippen molar-refractivity contribution in [2.45, 2.75) is 62.8 Å². The van der Waals surface area contributed by atoms with E-state index in [1.54, 1.807) is 0 Å². The van der Waals surface area contributed by atoms with E-state index >= 15 is 0 Å². The van der Waals surface area contributed by atoms with Crippen LogP contribution in [0.4, 0.5) is 0 Å². The molecule has 0 radical (unpaired) electrons. The lowest BCUT2D eigenvalue weighted by molar-refractivity contribution is 0.440. The van der Waals surface area contributed by atoms with Gasteiger partial charge in [0.15, 0.2) is 9.76 Å². The van der Waals surface area contributed by atoms with Gasteiger partial charge in [-0.3, -0.25) is 0 Å². The van der Waals surface area contributed by atoms with E-state index in [0.717, 1.165) is 12.8 Å². The van der Waals surface area contributed by atoms with Crippen LogP contribution in [0.1, 0.15) is 74.5 Å². The highest BCUT2D eigenvalue weighted by atomic mass is 28.2. The van der Waals surface area contributed by atoms with Crippen LogP contribution in [-0.4, -0.2) is 14.6 Å². The number of hydrogen-bond acceptors (Lipinski definition) is 1. The molecule has 0 saturated heterocycles. The minimum atomic E-state index is -1.66. The van der Waals surface area contributed by atoms with Gasteiger partial charge in [0.25, 0.3) is 0 Å². The topological polar surface area (TPSA) is 20.2 Å². The molecule has 0 aliphatic rings. The monoisotopic (exact) mass is 566 g/mol. The summed E-state index contributed by atoms with van der Waals surface area (Å²) < 4.78 is 0. The molecule has 1 atom stereocenters. The molecule has 0 aliphatic heterocycles. The summed E-state index contributed by atoms with van der Waals surface area (Å²) >= 11 is 0. The third kappa shape index (κ3) is 5.30. The normalized spacial score (nSPS) is 13.0. The van der Waals surface area contributed by atoms with Crippen molar-refractivity contribution in [3.8, 4) is 0 Å². The minimum absolute atomic E-state index is 0.142. The maximum absolute atomic E-state index is 12.1. The maximum Gasteiger partial charge on any atom is 0.172 e. The van der Waals surface area contributed by atoms with Gasteiger partial charge in [-0.25, -0.2) is 0 Å². The highest BCUT2D eigenvalue weighted by Gasteiger charge is 2.45. The zero-order valence-electron chi connectivity index (χ0n) is 24.8. The molecular weight excluding hydrogens is 525 g/mol. The molecule has 0 heterocycles. The molecule has 6 aromatic carbocycles. The Morgan fingerprint density at radius 2 is 0.976 bits per heavy atom. The summed E-state index contributed by atoms with van der Waals surface area (Å²) in [5, 5.41) is 7.05. The summed E-state index contributed by atoms with van der Waals surface area (Å²) in [5.41, 5.74) is 3.91. The SMILES string of the molecule is CCCCCCCCC(c1cccc2ccccc12)C([SiH2]O)(c1cccc2ccccc12)c1cccc2ccccc12. The molecule has 0 aromatic heterocycles. The highest BCUT2D eigenvalue weighted by Crippen LogP contribution is 2.51. The average Bonchev–Trinajstić information content (AvgIpc) is 3.05. The summed E-state index contributed by atoms with van der Waals surface area (Å²) in [7, 11) is -1.66. The summed E-state index contributed by atoms with van der Waals surface area (Å²) in [5.74, 6) is 0.142. The molecule has 212 valence electrons. The Balaban J connectivity index is 1.65. The number of unbranched alkanes of at least 4 members (excludes halogenated alkanes) is 5. The molecule has 0 fully saturated rings. The predicted molar refractivity (Wildman–Crippen MR) is 184 cm³/mol. The fourth-order valence-electron chi connectivity index (χ4n) is 7.38. The Hall–Kier alpha value is -3.72. The lowest BCUT2D eigenvalue weighted by Crippen LogP contribution is -2.42. The van der Waals surface area contributed by atoms with Crippen molar-refractivity contribution in [1.82, 2.24) is 0 Å². The maximum atomic E-state index is 12.1. The zero-order chi connectivity index (χ0) is 28.8. The van der Waals surface area contributed by atoms with E-state index in [2.05, 4.69) is 134 Å². The van der Waals surface area contributed by atoms with Gasteiger partial charge in [-0.15, -0.1) is 0 Å². The fourth-order valence-corrected chi connectivity index (χ4v) is 8.98. The van der Waals surface area contributed by atoms with Crippen LogP contribution in [0, 0.1) is 0 Å². The Bertz CT molecular complexity index is 1690. The quantitative estimate of drug-likeness (QED) is 0.115. The molecule has 42 heavy (non-hydrogen) atoms. The molecular formula is C40H42OSi. The van der Waals surface area contributed by atoms with E-state index < -0.39 is 14.8 Å². The third-order valence-electron chi connectivity index (χ3n) is 9.43. The molecule has 0 amide bonds. The van der Waals surface area contributed by atoms with Gasteiger partial charge in [0, 0.05) is 5.04 Å². The second-order valence-corrected chi connectivity index (χ2v) is 13.3. The third-order valence-corrected chi connectivity index (χ3v) is 11.2. The van der Waals surface area contributed by atoms with Gasteiger partial charge in [0.05, 0.1) is 0 Å². The first-order valence-corrected chi connectivity index (χ1v) is 17.2. The molecule has 6 rings (SSSR count). The van der Waals surface area contributed by atoms with Gasteiger partial charge in [-0.2, -0.15) is 0 Å². The molecule has 1 unspecified atom stereocenters. The van der Waals surface area contributed by atoms with Gasteiger partial charge >= 0.3 is 0 Å². The summed E-state index contributed by atoms with van der Waals surface area (Å²) in [6.45, 7) is 2.28. The van der Waals surface area contributed by atoms with Crippen LogP contribution in [0.25, 0.3) is 32.3 Å². The number of rotatable bonds is 12. The first-order chi connectivity index (χ1) is 20.8. The summed E-state index contributed by atoms with van der Waals surface area (Å²) in [4.78, 5) is 12.1. The number of benzene rings is 6. The average molecular weight is 567 g/mol. The fraction of sp³-hybridized carbons (Fsp3) is 0.250. The van der Waals surface area contributed by atoms with Gasteiger partial charge in [0.1, 0.15) is 0 Å². The second kappa shape index (κ2) is 13.1. The van der Waals surface area contributed by atoms with Gasteiger partial charge < -0.3 is 4.80 Å². The van der Waals surface area contributed by atoms with Crippen molar-refractivity contribution < 1.29 is 4.80 Å². The van der Waals surface area contributed by atoms with Gasteiger partial charge in [-0.05, 0) is 61.3 Å². The number of fused-ring (bicyclic) bond motifs is 3. The molecule has 2 heteroatoms. The van der Waals surface area contributed by atoms with Crippen LogP contribution >= 0.6 is 0 Å². The predicted octanol–water partition coefficient (Wildman–Crippen LogP) is 10.0. The molecule has 1 N–H and O–H groups in total. The molecule has 6 aromatic rings. The molecule has 0 aliphatic carbocycles. The molecule has 1 nitrogen and oxygen atoms in total. The van der Waals surface area contributed by atoms with Gasteiger partial charge in [-0.1, -0.05) is 173 Å². The molecule has 0 spiro atoms. The van der Waals surface area contributed by atoms with Crippen molar-refractivity contribution in [2.75, 3.05) is 0 Å². The van der Waals surface area contributed by atoms with E-state index in [1.807, 2.05) is 0 Å². The lowest BCUT2D eigenvalue weighted by Gasteiger charge is -2.43. The van der Waals surface area contributed by atoms with E-state index in [4.69, 9.17) is 0 Å². The lowest BCUT2D eigenvalue weighted by atomic mass is 9.70. The Morgan fingerprint density at radius 1 is 0.524 bits per heavy atom. The highest BCUT2D eigenvalue weighted by molar-refractivity contribution is 6.35. The van der Waals surface area contributed by atoms with Crippen LogP contribution in [-0.2, 0) is 5.04 Å². The van der Waals surface area contributed by atoms with Gasteiger partial charge in [0.2, 0.25) is 0 Å². The zero-order valence-corrected chi connectivity index (χ0v) is 26.2. The first-order valence-electron chi connectivity index (χ1n) is 15.8. The minimum Gasteiger partial charge on any atom is -0.437 e. The van der Waals surface area contributed by atoms with Crippen LogP contribution in [0.2, 0.25) is 0 Å². The Kier molecular flexibility index (Phi) is 8.83. The van der Waals surface area contributed by atoms with E-state index in [1.165, 1.54) is 81.1 Å². The molecule has 0 saturated carbocycles.